The van der Waals surface area contributed by atoms with Gasteiger partial charge in [0.1, 0.15) is 13.2 Å². The van der Waals surface area contributed by atoms with Gasteiger partial charge in [0, 0.05) is 19.3 Å². The minimum Gasteiger partial charge on any atom is -0.462 e. The molecule has 1 atom stereocenters. The first-order valence-corrected chi connectivity index (χ1v) is 25.3. The van der Waals surface area contributed by atoms with Crippen molar-refractivity contribution in [2.24, 2.45) is 0 Å². The average molecular weight is 817 g/mol. The number of carbonyl (C=O) groups is 3. The standard InChI is InChI=1S/C52H96O6/c1-4-7-10-13-16-19-22-24-26-27-29-30-33-36-39-42-45-51(54)57-48-49(47-56-50(53)44-41-38-35-32-21-18-15-12-9-6-3)58-52(55)46-43-40-37-34-31-28-25-23-20-17-14-11-8-5-2/h15,18,26-27,49H,4-14,16-17,19-25,28-48H2,1-3H3/b18-15-,27-26-. The van der Waals surface area contributed by atoms with Crippen LogP contribution in [0.2, 0.25) is 0 Å². The van der Waals surface area contributed by atoms with Crippen LogP contribution in [0.5, 0.6) is 0 Å². The molecule has 0 aromatic rings. The van der Waals surface area contributed by atoms with E-state index in [0.29, 0.717) is 19.3 Å². The first kappa shape index (κ1) is 55.9. The highest BCUT2D eigenvalue weighted by Gasteiger charge is 2.19. The SMILES string of the molecule is CCCC/C=C\CCCCCCC(=O)OCC(COC(=O)CCCCCCC/C=C\CCCCCCCCC)OC(=O)CCCCCCCCCCCCCCCC. The molecule has 0 saturated heterocycles. The summed E-state index contributed by atoms with van der Waals surface area (Å²) in [6.45, 7) is 6.60. The average Bonchev–Trinajstić information content (AvgIpc) is 3.22. The summed E-state index contributed by atoms with van der Waals surface area (Å²) >= 11 is 0. The van der Waals surface area contributed by atoms with E-state index in [2.05, 4.69) is 45.1 Å². The highest BCUT2D eigenvalue weighted by Crippen LogP contribution is 2.15. The Balaban J connectivity index is 4.33. The normalized spacial score (nSPS) is 12.1. The lowest BCUT2D eigenvalue weighted by Gasteiger charge is -2.18. The third-order valence-corrected chi connectivity index (χ3v) is 11.2. The molecule has 0 heterocycles. The molecule has 0 amide bonds. The Hall–Kier alpha value is -2.11. The highest BCUT2D eigenvalue weighted by molar-refractivity contribution is 5.71. The van der Waals surface area contributed by atoms with E-state index in [9.17, 15) is 14.4 Å². The molecule has 0 aliphatic heterocycles. The maximum atomic E-state index is 12.8. The van der Waals surface area contributed by atoms with E-state index in [1.165, 1.54) is 148 Å². The van der Waals surface area contributed by atoms with Crippen LogP contribution in [0.1, 0.15) is 271 Å². The summed E-state index contributed by atoms with van der Waals surface area (Å²) in [4.78, 5) is 37.8. The van der Waals surface area contributed by atoms with Crippen LogP contribution in [0.25, 0.3) is 0 Å². The second kappa shape index (κ2) is 47.6. The number of allylic oxidation sites excluding steroid dienone is 4. The van der Waals surface area contributed by atoms with E-state index in [1.54, 1.807) is 0 Å². The van der Waals surface area contributed by atoms with Crippen molar-refractivity contribution in [3.63, 3.8) is 0 Å². The molecule has 0 N–H and O–H groups in total. The van der Waals surface area contributed by atoms with Crippen molar-refractivity contribution in [3.8, 4) is 0 Å². The number of rotatable bonds is 46. The van der Waals surface area contributed by atoms with Gasteiger partial charge in [-0.3, -0.25) is 14.4 Å². The van der Waals surface area contributed by atoms with E-state index >= 15 is 0 Å². The first-order chi connectivity index (χ1) is 28.5. The summed E-state index contributed by atoms with van der Waals surface area (Å²) in [5, 5.41) is 0. The van der Waals surface area contributed by atoms with Crippen molar-refractivity contribution in [3.05, 3.63) is 24.3 Å². The summed E-state index contributed by atoms with van der Waals surface area (Å²) < 4.78 is 16.7. The number of hydrogen-bond donors (Lipinski definition) is 0. The Labute approximate surface area is 360 Å². The molecule has 0 radical (unpaired) electrons. The zero-order valence-electron chi connectivity index (χ0n) is 38.8. The third-order valence-electron chi connectivity index (χ3n) is 11.2. The number of unbranched alkanes of at least 4 members (excludes halogenated alkanes) is 31. The summed E-state index contributed by atoms with van der Waals surface area (Å²) in [5.41, 5.74) is 0. The lowest BCUT2D eigenvalue weighted by molar-refractivity contribution is -0.167. The van der Waals surface area contributed by atoms with Crippen molar-refractivity contribution in [2.45, 2.75) is 277 Å². The van der Waals surface area contributed by atoms with E-state index in [-0.39, 0.29) is 31.1 Å². The Bertz CT molecular complexity index is 942. The Morgan fingerprint density at radius 3 is 0.914 bits per heavy atom. The molecular weight excluding hydrogens is 721 g/mol. The van der Waals surface area contributed by atoms with Gasteiger partial charge in [-0.2, -0.15) is 0 Å². The van der Waals surface area contributed by atoms with Crippen molar-refractivity contribution < 1.29 is 28.6 Å². The van der Waals surface area contributed by atoms with Crippen LogP contribution in [0.4, 0.5) is 0 Å². The van der Waals surface area contributed by atoms with Crippen LogP contribution in [0, 0.1) is 0 Å². The minimum absolute atomic E-state index is 0.0758. The zero-order valence-corrected chi connectivity index (χ0v) is 38.8. The van der Waals surface area contributed by atoms with Crippen molar-refractivity contribution >= 4 is 17.9 Å². The van der Waals surface area contributed by atoms with Crippen LogP contribution < -0.4 is 0 Å². The predicted octanol–water partition coefficient (Wildman–Crippen LogP) is 16.4. The van der Waals surface area contributed by atoms with Crippen molar-refractivity contribution in [2.75, 3.05) is 13.2 Å². The van der Waals surface area contributed by atoms with Gasteiger partial charge in [0.25, 0.3) is 0 Å². The number of esters is 3. The van der Waals surface area contributed by atoms with Crippen molar-refractivity contribution in [1.29, 1.82) is 0 Å². The van der Waals surface area contributed by atoms with Crippen LogP contribution in [-0.4, -0.2) is 37.2 Å². The smallest absolute Gasteiger partial charge is 0.306 e. The molecule has 340 valence electrons. The van der Waals surface area contributed by atoms with Gasteiger partial charge in [-0.05, 0) is 64.2 Å². The topological polar surface area (TPSA) is 78.9 Å². The van der Waals surface area contributed by atoms with Crippen LogP contribution >= 0.6 is 0 Å². The Kier molecular flexibility index (Phi) is 45.8. The Morgan fingerprint density at radius 2 is 0.586 bits per heavy atom. The monoisotopic (exact) mass is 817 g/mol. The summed E-state index contributed by atoms with van der Waals surface area (Å²) in [6, 6.07) is 0. The highest BCUT2D eigenvalue weighted by atomic mass is 16.6. The lowest BCUT2D eigenvalue weighted by Crippen LogP contribution is -2.30. The maximum absolute atomic E-state index is 12.8. The molecule has 0 aliphatic rings. The third kappa shape index (κ3) is 45.0. The van der Waals surface area contributed by atoms with E-state index < -0.39 is 6.10 Å². The molecule has 0 rings (SSSR count). The molecule has 0 aromatic carbocycles. The van der Waals surface area contributed by atoms with Crippen LogP contribution in [0.15, 0.2) is 24.3 Å². The van der Waals surface area contributed by atoms with Gasteiger partial charge in [-0.15, -0.1) is 0 Å². The molecule has 0 spiro atoms. The molecule has 0 fully saturated rings. The first-order valence-electron chi connectivity index (χ1n) is 25.3. The van der Waals surface area contributed by atoms with Gasteiger partial charge < -0.3 is 14.2 Å². The van der Waals surface area contributed by atoms with Gasteiger partial charge >= 0.3 is 17.9 Å². The fraction of sp³-hybridized carbons (Fsp3) is 0.865. The largest absolute Gasteiger partial charge is 0.462 e. The molecule has 0 aromatic heterocycles. The van der Waals surface area contributed by atoms with E-state index in [0.717, 1.165) is 83.5 Å². The summed E-state index contributed by atoms with van der Waals surface area (Å²) in [6.07, 6.45) is 53.0. The number of ether oxygens (including phenoxy) is 3. The second-order valence-electron chi connectivity index (χ2n) is 17.1. The molecule has 58 heavy (non-hydrogen) atoms. The van der Waals surface area contributed by atoms with Crippen LogP contribution in [-0.2, 0) is 28.6 Å². The summed E-state index contributed by atoms with van der Waals surface area (Å²) in [5.74, 6) is -0.886. The molecule has 1 unspecified atom stereocenters. The van der Waals surface area contributed by atoms with Gasteiger partial charge in [-0.25, -0.2) is 0 Å². The molecule has 6 nitrogen and oxygen atoms in total. The number of hydrogen-bond acceptors (Lipinski definition) is 6. The maximum Gasteiger partial charge on any atom is 0.306 e. The quantitative estimate of drug-likeness (QED) is 0.0263. The molecule has 0 bridgehead atoms. The summed E-state index contributed by atoms with van der Waals surface area (Å²) in [7, 11) is 0. The van der Waals surface area contributed by atoms with E-state index in [1.807, 2.05) is 0 Å². The van der Waals surface area contributed by atoms with Gasteiger partial charge in [0.2, 0.25) is 0 Å². The second-order valence-corrected chi connectivity index (χ2v) is 17.1. The van der Waals surface area contributed by atoms with Crippen LogP contribution in [0.3, 0.4) is 0 Å². The van der Waals surface area contributed by atoms with Crippen molar-refractivity contribution in [1.82, 2.24) is 0 Å². The Morgan fingerprint density at radius 1 is 0.328 bits per heavy atom. The molecule has 6 heteroatoms. The zero-order chi connectivity index (χ0) is 42.3. The fourth-order valence-electron chi connectivity index (χ4n) is 7.30. The fourth-order valence-corrected chi connectivity index (χ4v) is 7.30. The minimum atomic E-state index is -0.773. The molecule has 0 saturated carbocycles. The lowest BCUT2D eigenvalue weighted by atomic mass is 10.0. The van der Waals surface area contributed by atoms with Gasteiger partial charge in [0.15, 0.2) is 6.10 Å². The molecular formula is C52H96O6. The van der Waals surface area contributed by atoms with Gasteiger partial charge in [-0.1, -0.05) is 212 Å². The predicted molar refractivity (Wildman–Crippen MR) is 247 cm³/mol. The number of carbonyl (C=O) groups excluding carboxylic acids is 3. The van der Waals surface area contributed by atoms with E-state index in [4.69, 9.17) is 14.2 Å². The molecule has 0 aliphatic carbocycles. The van der Waals surface area contributed by atoms with Gasteiger partial charge in [0.05, 0.1) is 0 Å².